The Hall–Kier alpha value is -1.43. The van der Waals surface area contributed by atoms with Gasteiger partial charge in [0.2, 0.25) is 5.91 Å². The van der Waals surface area contributed by atoms with E-state index in [-0.39, 0.29) is 5.91 Å². The highest BCUT2D eigenvalue weighted by Gasteiger charge is 2.14. The number of carbonyl (C=O) groups excluding carboxylic acids is 1. The number of para-hydroxylation sites is 1. The van der Waals surface area contributed by atoms with Crippen LogP contribution in [-0.4, -0.2) is 64.8 Å². The maximum absolute atomic E-state index is 12.3. The molecule has 1 aromatic carbocycles. The van der Waals surface area contributed by atoms with Crippen LogP contribution in [0.1, 0.15) is 0 Å². The Bertz CT molecular complexity index is 382. The molecule has 0 bridgehead atoms. The van der Waals surface area contributed by atoms with E-state index in [2.05, 4.69) is 10.2 Å². The molecule has 0 aliphatic carbocycles. The summed E-state index contributed by atoms with van der Waals surface area (Å²) in [7, 11) is 5.66. The maximum Gasteiger partial charge on any atom is 0.240 e. The number of likely N-dealkylation sites (N-methyl/N-ethyl adjacent to an activating group) is 1. The number of ether oxygens (including phenoxy) is 1. The van der Waals surface area contributed by atoms with Gasteiger partial charge in [-0.25, -0.2) is 0 Å². The highest BCUT2D eigenvalue weighted by molar-refractivity contribution is 5.94. The second-order valence-corrected chi connectivity index (χ2v) is 4.85. The smallest absolute Gasteiger partial charge is 0.240 e. The molecule has 1 N–H and O–H groups in total. The van der Waals surface area contributed by atoms with E-state index in [1.807, 2.05) is 49.3 Å². The summed E-state index contributed by atoms with van der Waals surface area (Å²) >= 11 is 0. The van der Waals surface area contributed by atoms with E-state index in [9.17, 15) is 4.79 Å². The number of carbonyl (C=O) groups is 1. The van der Waals surface area contributed by atoms with E-state index < -0.39 is 0 Å². The van der Waals surface area contributed by atoms with Crippen molar-refractivity contribution in [2.45, 2.75) is 0 Å². The van der Waals surface area contributed by atoms with Crippen LogP contribution in [0.15, 0.2) is 30.3 Å². The fourth-order valence-corrected chi connectivity index (χ4v) is 1.77. The topological polar surface area (TPSA) is 44.8 Å². The normalized spacial score (nSPS) is 10.8. The first-order valence-electron chi connectivity index (χ1n) is 6.85. The van der Waals surface area contributed by atoms with Crippen molar-refractivity contribution in [3.63, 3.8) is 0 Å². The number of amides is 1. The van der Waals surface area contributed by atoms with Crippen LogP contribution in [0.2, 0.25) is 0 Å². The molecule has 1 amide bonds. The van der Waals surface area contributed by atoms with E-state index in [0.717, 1.165) is 12.2 Å². The van der Waals surface area contributed by atoms with E-state index in [1.54, 1.807) is 7.11 Å². The zero-order chi connectivity index (χ0) is 14.8. The van der Waals surface area contributed by atoms with Crippen molar-refractivity contribution in [1.29, 1.82) is 0 Å². The number of hydrogen-bond donors (Lipinski definition) is 1. The van der Waals surface area contributed by atoms with Crippen LogP contribution in [0, 0.1) is 0 Å². The lowest BCUT2D eigenvalue weighted by Gasteiger charge is -2.24. The van der Waals surface area contributed by atoms with Gasteiger partial charge in [-0.3, -0.25) is 4.79 Å². The molecule has 0 saturated heterocycles. The third-order valence-corrected chi connectivity index (χ3v) is 2.90. The number of rotatable bonds is 9. The zero-order valence-electron chi connectivity index (χ0n) is 12.6. The summed E-state index contributed by atoms with van der Waals surface area (Å²) in [6, 6.07) is 9.77. The average molecular weight is 279 g/mol. The monoisotopic (exact) mass is 279 g/mol. The minimum absolute atomic E-state index is 0.0779. The zero-order valence-corrected chi connectivity index (χ0v) is 12.6. The summed E-state index contributed by atoms with van der Waals surface area (Å²) in [5.41, 5.74) is 0.938. The fourth-order valence-electron chi connectivity index (χ4n) is 1.77. The van der Waals surface area contributed by atoms with Gasteiger partial charge in [0, 0.05) is 32.4 Å². The fraction of sp³-hybridized carbons (Fsp3) is 0.533. The number of nitrogens with zero attached hydrogens (tertiary/aromatic N) is 2. The number of hydrogen-bond acceptors (Lipinski definition) is 4. The first-order valence-corrected chi connectivity index (χ1v) is 6.85. The van der Waals surface area contributed by atoms with Crippen LogP contribution in [0.3, 0.4) is 0 Å². The second kappa shape index (κ2) is 9.47. The molecule has 1 aromatic rings. The average Bonchev–Trinajstić information content (AvgIpc) is 2.44. The van der Waals surface area contributed by atoms with E-state index in [4.69, 9.17) is 4.74 Å². The van der Waals surface area contributed by atoms with Gasteiger partial charge >= 0.3 is 0 Å². The van der Waals surface area contributed by atoms with Gasteiger partial charge in [0.25, 0.3) is 0 Å². The van der Waals surface area contributed by atoms with E-state index >= 15 is 0 Å². The van der Waals surface area contributed by atoms with Gasteiger partial charge in [-0.2, -0.15) is 0 Å². The Morgan fingerprint density at radius 3 is 2.50 bits per heavy atom. The molecule has 5 nitrogen and oxygen atoms in total. The predicted octanol–water partition coefficient (Wildman–Crippen LogP) is 0.817. The lowest BCUT2D eigenvalue weighted by Crippen LogP contribution is -2.42. The number of anilines is 1. The molecule has 0 aliphatic rings. The third-order valence-electron chi connectivity index (χ3n) is 2.90. The van der Waals surface area contributed by atoms with Crippen LogP contribution in [0.4, 0.5) is 5.69 Å². The quantitative estimate of drug-likeness (QED) is 0.680. The number of nitrogens with one attached hydrogen (secondary N) is 1. The summed E-state index contributed by atoms with van der Waals surface area (Å²) in [5, 5.41) is 3.09. The summed E-state index contributed by atoms with van der Waals surface area (Å²) in [6.45, 7) is 3.13. The molecule has 0 aliphatic heterocycles. The van der Waals surface area contributed by atoms with Gasteiger partial charge in [0.05, 0.1) is 13.2 Å². The molecule has 5 heteroatoms. The van der Waals surface area contributed by atoms with Gasteiger partial charge in [-0.1, -0.05) is 18.2 Å². The van der Waals surface area contributed by atoms with Gasteiger partial charge in [0.1, 0.15) is 0 Å². The molecule has 0 unspecified atom stereocenters. The number of methoxy groups -OCH3 is 1. The molecule has 20 heavy (non-hydrogen) atoms. The standard InChI is InChI=1S/C15H25N3O2/c1-17(2)10-11-18(14-7-5-4-6-8-14)15(19)13-16-9-12-20-3/h4-8,16H,9-13H2,1-3H3. The Morgan fingerprint density at radius 2 is 1.90 bits per heavy atom. The Balaban J connectivity index is 2.60. The Morgan fingerprint density at radius 1 is 1.20 bits per heavy atom. The van der Waals surface area contributed by atoms with Crippen molar-refractivity contribution in [2.75, 3.05) is 58.9 Å². The SMILES string of the molecule is COCCNCC(=O)N(CCN(C)C)c1ccccc1. The lowest BCUT2D eigenvalue weighted by atomic mass is 10.2. The van der Waals surface area contributed by atoms with Crippen LogP contribution in [-0.2, 0) is 9.53 Å². The molecule has 112 valence electrons. The summed E-state index contributed by atoms with van der Waals surface area (Å²) in [4.78, 5) is 16.2. The summed E-state index contributed by atoms with van der Waals surface area (Å²) in [5.74, 6) is 0.0779. The summed E-state index contributed by atoms with van der Waals surface area (Å²) in [6.07, 6.45) is 0. The minimum atomic E-state index is 0.0779. The van der Waals surface area contributed by atoms with Crippen LogP contribution in [0.25, 0.3) is 0 Å². The molecule has 0 heterocycles. The molecule has 0 fully saturated rings. The van der Waals surface area contributed by atoms with Crippen molar-refractivity contribution in [3.8, 4) is 0 Å². The van der Waals surface area contributed by atoms with Gasteiger partial charge in [-0.05, 0) is 26.2 Å². The molecule has 0 radical (unpaired) electrons. The summed E-state index contributed by atoms with van der Waals surface area (Å²) < 4.78 is 4.95. The van der Waals surface area contributed by atoms with Crippen molar-refractivity contribution >= 4 is 11.6 Å². The molecule has 0 spiro atoms. The lowest BCUT2D eigenvalue weighted by molar-refractivity contribution is -0.117. The predicted molar refractivity (Wildman–Crippen MR) is 82.1 cm³/mol. The molecular formula is C15H25N3O2. The molecule has 0 atom stereocenters. The second-order valence-electron chi connectivity index (χ2n) is 4.85. The van der Waals surface area contributed by atoms with Crippen molar-refractivity contribution in [2.24, 2.45) is 0 Å². The molecule has 0 saturated carbocycles. The number of benzene rings is 1. The maximum atomic E-state index is 12.3. The third kappa shape index (κ3) is 6.14. The molecule has 1 rings (SSSR count). The van der Waals surface area contributed by atoms with Gasteiger partial charge in [-0.15, -0.1) is 0 Å². The minimum Gasteiger partial charge on any atom is -0.383 e. The van der Waals surface area contributed by atoms with E-state index in [0.29, 0.717) is 26.2 Å². The van der Waals surface area contributed by atoms with Gasteiger partial charge in [0.15, 0.2) is 0 Å². The largest absolute Gasteiger partial charge is 0.383 e. The molecule has 0 aromatic heterocycles. The first kappa shape index (κ1) is 16.6. The van der Waals surface area contributed by atoms with E-state index in [1.165, 1.54) is 0 Å². The highest BCUT2D eigenvalue weighted by Crippen LogP contribution is 2.13. The van der Waals surface area contributed by atoms with Crippen molar-refractivity contribution in [1.82, 2.24) is 10.2 Å². The van der Waals surface area contributed by atoms with Gasteiger partial charge < -0.3 is 19.9 Å². The van der Waals surface area contributed by atoms with Crippen LogP contribution < -0.4 is 10.2 Å². The highest BCUT2D eigenvalue weighted by atomic mass is 16.5. The Kier molecular flexibility index (Phi) is 7.87. The van der Waals surface area contributed by atoms with Crippen molar-refractivity contribution < 1.29 is 9.53 Å². The van der Waals surface area contributed by atoms with Crippen LogP contribution >= 0.6 is 0 Å². The Labute approximate surface area is 121 Å². The first-order chi connectivity index (χ1) is 9.65. The molecular weight excluding hydrogens is 254 g/mol. The van der Waals surface area contributed by atoms with Crippen LogP contribution in [0.5, 0.6) is 0 Å². The van der Waals surface area contributed by atoms with Crippen molar-refractivity contribution in [3.05, 3.63) is 30.3 Å².